The summed E-state index contributed by atoms with van der Waals surface area (Å²) in [6, 6.07) is 0.270. The Kier molecular flexibility index (Phi) is 5.22. The molecule has 26 heavy (non-hydrogen) atoms. The lowest BCUT2D eigenvalue weighted by Gasteiger charge is -2.22. The van der Waals surface area contributed by atoms with Crippen LogP contribution in [0, 0.1) is 5.92 Å². The van der Waals surface area contributed by atoms with Gasteiger partial charge >= 0.3 is 0 Å². The number of aryl methyl sites for hydroxylation is 1. The molecular formula is C19H28N4O3. The fourth-order valence-electron chi connectivity index (χ4n) is 4.14. The van der Waals surface area contributed by atoms with Gasteiger partial charge in [-0.05, 0) is 38.5 Å². The van der Waals surface area contributed by atoms with Gasteiger partial charge in [-0.1, -0.05) is 24.4 Å². The highest BCUT2D eigenvalue weighted by Crippen LogP contribution is 2.37. The number of hydrogen-bond donors (Lipinski definition) is 1. The van der Waals surface area contributed by atoms with Gasteiger partial charge in [0.2, 0.25) is 17.7 Å². The molecule has 0 bridgehead atoms. The zero-order chi connectivity index (χ0) is 17.9. The second kappa shape index (κ2) is 7.76. The van der Waals surface area contributed by atoms with Crippen molar-refractivity contribution in [1.82, 2.24) is 20.4 Å². The van der Waals surface area contributed by atoms with Crippen LogP contribution < -0.4 is 5.32 Å². The molecule has 7 nitrogen and oxygen atoms in total. The van der Waals surface area contributed by atoms with Crippen LogP contribution in [0.4, 0.5) is 0 Å². The zero-order valence-electron chi connectivity index (χ0n) is 15.3. The van der Waals surface area contributed by atoms with Gasteiger partial charge < -0.3 is 14.7 Å². The molecule has 1 aliphatic heterocycles. The Labute approximate surface area is 153 Å². The number of likely N-dealkylation sites (tertiary alicyclic amines) is 1. The number of nitrogens with one attached hydrogen (secondary N) is 1. The summed E-state index contributed by atoms with van der Waals surface area (Å²) in [5.74, 6) is 1.60. The number of nitrogens with zero attached hydrogens (tertiary/aromatic N) is 3. The Hall–Kier alpha value is -1.92. The molecule has 0 aromatic carbocycles. The van der Waals surface area contributed by atoms with Gasteiger partial charge in [0.15, 0.2) is 5.82 Å². The standard InChI is InChI=1S/C19H28N4O3/c24-16(20-14-5-2-1-3-6-14)10-11-17-21-18(22-26-17)15-7-4-12-23(15)19(25)13-8-9-13/h13-15H,1-12H2,(H,20,24). The fraction of sp³-hybridized carbons (Fsp3) is 0.789. The Morgan fingerprint density at radius 1 is 1.08 bits per heavy atom. The summed E-state index contributed by atoms with van der Waals surface area (Å²) >= 11 is 0. The van der Waals surface area contributed by atoms with E-state index in [0.717, 1.165) is 45.1 Å². The van der Waals surface area contributed by atoms with Gasteiger partial charge in [-0.25, -0.2) is 0 Å². The van der Waals surface area contributed by atoms with Gasteiger partial charge in [0.1, 0.15) is 0 Å². The third-order valence-electron chi connectivity index (χ3n) is 5.78. The minimum Gasteiger partial charge on any atom is -0.353 e. The molecule has 1 saturated heterocycles. The van der Waals surface area contributed by atoms with Crippen LogP contribution in [0.5, 0.6) is 0 Å². The largest absolute Gasteiger partial charge is 0.353 e. The van der Waals surface area contributed by atoms with Crippen LogP contribution in [0.3, 0.4) is 0 Å². The number of aromatic nitrogens is 2. The SMILES string of the molecule is O=C(CCc1nc(C2CCCN2C(=O)C2CC2)no1)NC1CCCCC1. The highest BCUT2D eigenvalue weighted by Gasteiger charge is 2.40. The molecule has 1 unspecified atom stereocenters. The lowest BCUT2D eigenvalue weighted by molar-refractivity contribution is -0.133. The second-order valence-electron chi connectivity index (χ2n) is 7.91. The molecule has 7 heteroatoms. The quantitative estimate of drug-likeness (QED) is 0.842. The predicted molar refractivity (Wildman–Crippen MR) is 94.0 cm³/mol. The first-order valence-electron chi connectivity index (χ1n) is 10.1. The van der Waals surface area contributed by atoms with Crippen molar-refractivity contribution in [2.75, 3.05) is 6.54 Å². The van der Waals surface area contributed by atoms with Gasteiger partial charge in [-0.3, -0.25) is 9.59 Å². The lowest BCUT2D eigenvalue weighted by atomic mass is 9.95. The Balaban J connectivity index is 1.28. The van der Waals surface area contributed by atoms with E-state index in [2.05, 4.69) is 15.5 Å². The Morgan fingerprint density at radius 3 is 2.65 bits per heavy atom. The molecule has 1 aromatic rings. The van der Waals surface area contributed by atoms with E-state index in [1.54, 1.807) is 0 Å². The first kappa shape index (κ1) is 17.5. The smallest absolute Gasteiger partial charge is 0.227 e. The van der Waals surface area contributed by atoms with Crippen LogP contribution in [0.15, 0.2) is 4.52 Å². The molecule has 0 spiro atoms. The van der Waals surface area contributed by atoms with E-state index >= 15 is 0 Å². The third-order valence-corrected chi connectivity index (χ3v) is 5.78. The predicted octanol–water partition coefficient (Wildman–Crippen LogP) is 2.52. The number of carbonyl (C=O) groups is 2. The molecule has 1 N–H and O–H groups in total. The highest BCUT2D eigenvalue weighted by molar-refractivity contribution is 5.81. The minimum atomic E-state index is -0.0586. The zero-order valence-corrected chi connectivity index (χ0v) is 15.3. The fourth-order valence-corrected chi connectivity index (χ4v) is 4.14. The van der Waals surface area contributed by atoms with E-state index in [-0.39, 0.29) is 23.8 Å². The molecule has 3 fully saturated rings. The van der Waals surface area contributed by atoms with Crippen molar-refractivity contribution < 1.29 is 14.1 Å². The molecular weight excluding hydrogens is 332 g/mol. The maximum atomic E-state index is 12.4. The van der Waals surface area contributed by atoms with Crippen molar-refractivity contribution in [3.63, 3.8) is 0 Å². The lowest BCUT2D eigenvalue weighted by Crippen LogP contribution is -2.36. The van der Waals surface area contributed by atoms with Crippen LogP contribution in [0.1, 0.15) is 82.0 Å². The van der Waals surface area contributed by atoms with Gasteiger partial charge in [0.25, 0.3) is 0 Å². The summed E-state index contributed by atoms with van der Waals surface area (Å²) in [7, 11) is 0. The molecule has 0 radical (unpaired) electrons. The van der Waals surface area contributed by atoms with Crippen molar-refractivity contribution in [2.24, 2.45) is 5.92 Å². The van der Waals surface area contributed by atoms with Crippen LogP contribution in [-0.2, 0) is 16.0 Å². The van der Waals surface area contributed by atoms with Gasteiger partial charge in [-0.2, -0.15) is 4.98 Å². The van der Waals surface area contributed by atoms with Crippen LogP contribution in [0.2, 0.25) is 0 Å². The topological polar surface area (TPSA) is 88.3 Å². The molecule has 142 valence electrons. The summed E-state index contributed by atoms with van der Waals surface area (Å²) < 4.78 is 5.34. The summed E-state index contributed by atoms with van der Waals surface area (Å²) in [5.41, 5.74) is 0. The minimum absolute atomic E-state index is 0.0584. The number of amides is 2. The van der Waals surface area contributed by atoms with Crippen molar-refractivity contribution in [3.05, 3.63) is 11.7 Å². The van der Waals surface area contributed by atoms with E-state index in [4.69, 9.17) is 4.52 Å². The monoisotopic (exact) mass is 360 g/mol. The average molecular weight is 360 g/mol. The second-order valence-corrected chi connectivity index (χ2v) is 7.91. The molecule has 2 aliphatic carbocycles. The normalized spacial score (nSPS) is 24.0. The first-order chi connectivity index (χ1) is 12.7. The molecule has 1 aromatic heterocycles. The van der Waals surface area contributed by atoms with E-state index in [0.29, 0.717) is 30.6 Å². The first-order valence-corrected chi connectivity index (χ1v) is 10.1. The molecule has 2 amide bonds. The number of hydrogen-bond acceptors (Lipinski definition) is 5. The van der Waals surface area contributed by atoms with Gasteiger partial charge in [-0.15, -0.1) is 0 Å². The van der Waals surface area contributed by atoms with E-state index < -0.39 is 0 Å². The van der Waals surface area contributed by atoms with Crippen LogP contribution in [-0.4, -0.2) is 39.4 Å². The maximum Gasteiger partial charge on any atom is 0.227 e. The van der Waals surface area contributed by atoms with Crippen molar-refractivity contribution in [1.29, 1.82) is 0 Å². The van der Waals surface area contributed by atoms with E-state index in [9.17, 15) is 9.59 Å². The van der Waals surface area contributed by atoms with Crippen molar-refractivity contribution >= 4 is 11.8 Å². The third kappa shape index (κ3) is 4.07. The van der Waals surface area contributed by atoms with Gasteiger partial charge in [0.05, 0.1) is 6.04 Å². The molecule has 3 aliphatic rings. The molecule has 4 rings (SSSR count). The Morgan fingerprint density at radius 2 is 1.88 bits per heavy atom. The van der Waals surface area contributed by atoms with Gasteiger partial charge in [0, 0.05) is 31.3 Å². The molecule has 2 heterocycles. The number of carbonyl (C=O) groups excluding carboxylic acids is 2. The van der Waals surface area contributed by atoms with Crippen molar-refractivity contribution in [3.8, 4) is 0 Å². The highest BCUT2D eigenvalue weighted by atomic mass is 16.5. The summed E-state index contributed by atoms with van der Waals surface area (Å²) in [6.07, 6.45) is 10.6. The molecule has 1 atom stereocenters. The summed E-state index contributed by atoms with van der Waals surface area (Å²) in [6.45, 7) is 0.785. The maximum absolute atomic E-state index is 12.4. The van der Waals surface area contributed by atoms with Crippen LogP contribution >= 0.6 is 0 Å². The molecule has 2 saturated carbocycles. The summed E-state index contributed by atoms with van der Waals surface area (Å²) in [4.78, 5) is 30.9. The average Bonchev–Trinajstić information content (AvgIpc) is 3.20. The van der Waals surface area contributed by atoms with E-state index in [1.807, 2.05) is 4.90 Å². The summed E-state index contributed by atoms with van der Waals surface area (Å²) in [5, 5.41) is 7.20. The van der Waals surface area contributed by atoms with Crippen molar-refractivity contribution in [2.45, 2.75) is 82.7 Å². The van der Waals surface area contributed by atoms with Crippen LogP contribution in [0.25, 0.3) is 0 Å². The van der Waals surface area contributed by atoms with E-state index in [1.165, 1.54) is 19.3 Å². The Bertz CT molecular complexity index is 649. The number of rotatable bonds is 6.